The number of aliphatic hydroxyl groups excluding tert-OH is 2. The molecule has 0 aliphatic rings. The van der Waals surface area contributed by atoms with Crippen LogP contribution < -0.4 is 27.8 Å². The molecule has 1 rings (SSSR count). The molecular weight excluding hydrogens is 232 g/mol. The fourth-order valence-electron chi connectivity index (χ4n) is 0.637. The maximum absolute atomic E-state index is 9.55. The lowest BCUT2D eigenvalue weighted by atomic mass is 10.8. The molecule has 11 heteroatoms. The van der Waals surface area contributed by atoms with Crippen molar-refractivity contribution in [1.82, 2.24) is 20.3 Å². The number of urea groups is 1. The first kappa shape index (κ1) is 14.6. The third kappa shape index (κ3) is 7.52. The lowest BCUT2D eigenvalue weighted by Gasteiger charge is -2.00. The molecule has 0 aliphatic carbocycles. The Balaban J connectivity index is 0.000000366. The second-order valence-electron chi connectivity index (χ2n) is 2.41. The number of nitrogens with one attached hydrogen (secondary N) is 2. The maximum atomic E-state index is 9.55. The van der Waals surface area contributed by atoms with Gasteiger partial charge in [0.25, 0.3) is 0 Å². The molecular formula is C6H14N8O3. The van der Waals surface area contributed by atoms with Gasteiger partial charge in [0.1, 0.15) is 13.5 Å². The van der Waals surface area contributed by atoms with Crippen LogP contribution in [0.15, 0.2) is 0 Å². The lowest BCUT2D eigenvalue weighted by Crippen LogP contribution is -2.29. The van der Waals surface area contributed by atoms with Crippen LogP contribution in [0.2, 0.25) is 0 Å². The molecule has 0 aliphatic heterocycles. The normalized spacial score (nSPS) is 8.82. The van der Waals surface area contributed by atoms with Gasteiger partial charge in [0.2, 0.25) is 17.8 Å². The predicted molar refractivity (Wildman–Crippen MR) is 59.2 cm³/mol. The minimum absolute atomic E-state index is 0.0217. The smallest absolute Gasteiger partial charge is 0.313 e. The first-order chi connectivity index (χ1) is 7.99. The molecule has 0 fully saturated rings. The third-order valence-corrected chi connectivity index (χ3v) is 1.16. The standard InChI is InChI=1S/C4H8N6O.C2H6N2O2/c5-2-8-3(6)10-4(9-2)7-1-11;3-2(6)4-1-5/h11H,1H2,(H5,5,6,7,8,9,10);5H,1H2,(H3,3,4,6). The van der Waals surface area contributed by atoms with Crippen LogP contribution >= 0.6 is 0 Å². The van der Waals surface area contributed by atoms with E-state index in [1.165, 1.54) is 0 Å². The van der Waals surface area contributed by atoms with Crippen LogP contribution in [-0.4, -0.2) is 44.7 Å². The molecule has 0 unspecified atom stereocenters. The molecule has 0 aromatic carbocycles. The Kier molecular flexibility index (Phi) is 6.73. The van der Waals surface area contributed by atoms with Crippen LogP contribution in [0.1, 0.15) is 0 Å². The topological polar surface area (TPSA) is 198 Å². The van der Waals surface area contributed by atoms with Crippen LogP contribution in [-0.2, 0) is 0 Å². The second-order valence-corrected chi connectivity index (χ2v) is 2.41. The minimum Gasteiger partial charge on any atom is -0.376 e. The molecule has 1 aromatic heterocycles. The number of nitrogens with zero attached hydrogens (tertiary/aromatic N) is 3. The van der Waals surface area contributed by atoms with Crippen molar-refractivity contribution in [3.8, 4) is 0 Å². The number of rotatable bonds is 3. The van der Waals surface area contributed by atoms with Crippen molar-refractivity contribution in [3.63, 3.8) is 0 Å². The van der Waals surface area contributed by atoms with E-state index >= 15 is 0 Å². The summed E-state index contributed by atoms with van der Waals surface area (Å²) >= 11 is 0. The van der Waals surface area contributed by atoms with Crippen molar-refractivity contribution in [2.75, 3.05) is 30.2 Å². The van der Waals surface area contributed by atoms with Crippen molar-refractivity contribution >= 4 is 23.9 Å². The summed E-state index contributed by atoms with van der Waals surface area (Å²) in [7, 11) is 0. The number of hydrogen-bond donors (Lipinski definition) is 7. The number of anilines is 3. The number of nitrogens with two attached hydrogens (primary N) is 3. The van der Waals surface area contributed by atoms with E-state index in [0.717, 1.165) is 0 Å². The number of carbonyl (C=O) groups is 1. The van der Waals surface area contributed by atoms with Gasteiger partial charge in [-0.15, -0.1) is 0 Å². The fourth-order valence-corrected chi connectivity index (χ4v) is 0.637. The fraction of sp³-hybridized carbons (Fsp3) is 0.333. The van der Waals surface area contributed by atoms with E-state index in [1.807, 2.05) is 5.32 Å². The van der Waals surface area contributed by atoms with Gasteiger partial charge < -0.3 is 38.0 Å². The van der Waals surface area contributed by atoms with E-state index in [4.69, 9.17) is 21.7 Å². The molecule has 0 saturated carbocycles. The lowest BCUT2D eigenvalue weighted by molar-refractivity contribution is 0.225. The highest BCUT2D eigenvalue weighted by Gasteiger charge is 1.98. The second kappa shape index (κ2) is 7.84. The first-order valence-corrected chi connectivity index (χ1v) is 4.25. The summed E-state index contributed by atoms with van der Waals surface area (Å²) in [6, 6.07) is -0.711. The Morgan fingerprint density at radius 1 is 1.12 bits per heavy atom. The van der Waals surface area contributed by atoms with E-state index in [-0.39, 0.29) is 24.6 Å². The summed E-state index contributed by atoms with van der Waals surface area (Å²) in [6.45, 7) is -0.668. The van der Waals surface area contributed by atoms with Gasteiger partial charge in [-0.05, 0) is 0 Å². The Labute approximate surface area is 96.1 Å². The van der Waals surface area contributed by atoms with Crippen molar-refractivity contribution in [3.05, 3.63) is 0 Å². The van der Waals surface area contributed by atoms with Gasteiger partial charge in [0.05, 0.1) is 0 Å². The molecule has 1 heterocycles. The van der Waals surface area contributed by atoms with Crippen molar-refractivity contribution in [2.24, 2.45) is 5.73 Å². The number of nitrogen functional groups attached to an aromatic ring is 2. The van der Waals surface area contributed by atoms with E-state index in [0.29, 0.717) is 0 Å². The predicted octanol–water partition coefficient (Wildman–Crippen LogP) is -3.00. The quantitative estimate of drug-likeness (QED) is 0.271. The van der Waals surface area contributed by atoms with E-state index < -0.39 is 12.8 Å². The zero-order chi connectivity index (χ0) is 13.3. The minimum atomic E-state index is -0.711. The van der Waals surface area contributed by atoms with Gasteiger partial charge in [-0.1, -0.05) is 0 Å². The average Bonchev–Trinajstić information content (AvgIpc) is 2.16. The number of aromatic nitrogens is 3. The third-order valence-electron chi connectivity index (χ3n) is 1.16. The summed E-state index contributed by atoms with van der Waals surface area (Å²) in [5.41, 5.74) is 14.9. The zero-order valence-electron chi connectivity index (χ0n) is 8.79. The summed E-state index contributed by atoms with van der Waals surface area (Å²) in [5, 5.41) is 20.6. The van der Waals surface area contributed by atoms with Crippen molar-refractivity contribution in [2.45, 2.75) is 0 Å². The van der Waals surface area contributed by atoms with E-state index in [2.05, 4.69) is 26.0 Å². The summed E-state index contributed by atoms with van der Waals surface area (Å²) in [5.74, 6) is 0.208. The number of primary amides is 1. The SMILES string of the molecule is NC(=O)NCO.Nc1nc(N)nc(NCO)n1. The molecule has 17 heavy (non-hydrogen) atoms. The zero-order valence-corrected chi connectivity index (χ0v) is 8.79. The Morgan fingerprint density at radius 3 is 1.94 bits per heavy atom. The monoisotopic (exact) mass is 246 g/mol. The summed E-state index contributed by atoms with van der Waals surface area (Å²) in [4.78, 5) is 20.3. The van der Waals surface area contributed by atoms with Crippen molar-refractivity contribution < 1.29 is 15.0 Å². The largest absolute Gasteiger partial charge is 0.376 e. The Morgan fingerprint density at radius 2 is 1.65 bits per heavy atom. The van der Waals surface area contributed by atoms with Crippen LogP contribution in [0.25, 0.3) is 0 Å². The Hall–Kier alpha value is -2.40. The van der Waals surface area contributed by atoms with Gasteiger partial charge in [-0.2, -0.15) is 15.0 Å². The molecule has 0 bridgehead atoms. The highest BCUT2D eigenvalue weighted by atomic mass is 16.3. The van der Waals surface area contributed by atoms with Gasteiger partial charge in [-0.25, -0.2) is 4.79 Å². The van der Waals surface area contributed by atoms with Gasteiger partial charge >= 0.3 is 6.03 Å². The molecule has 10 N–H and O–H groups in total. The van der Waals surface area contributed by atoms with Gasteiger partial charge in [0, 0.05) is 0 Å². The van der Waals surface area contributed by atoms with Crippen molar-refractivity contribution in [1.29, 1.82) is 0 Å². The average molecular weight is 246 g/mol. The summed E-state index contributed by atoms with van der Waals surface area (Å²) < 4.78 is 0. The molecule has 11 nitrogen and oxygen atoms in total. The molecule has 96 valence electrons. The molecule has 0 spiro atoms. The highest BCUT2D eigenvalue weighted by Crippen LogP contribution is 2.01. The number of hydrogen-bond acceptors (Lipinski definition) is 9. The van der Waals surface area contributed by atoms with E-state index in [1.54, 1.807) is 0 Å². The van der Waals surface area contributed by atoms with Crippen LogP contribution in [0.4, 0.5) is 22.6 Å². The number of carbonyl (C=O) groups excluding carboxylic acids is 1. The van der Waals surface area contributed by atoms with Crippen LogP contribution in [0, 0.1) is 0 Å². The molecule has 1 aromatic rings. The van der Waals surface area contributed by atoms with Crippen LogP contribution in [0.5, 0.6) is 0 Å². The molecule has 0 saturated heterocycles. The Bertz CT molecular complexity index is 339. The summed E-state index contributed by atoms with van der Waals surface area (Å²) in [6.07, 6.45) is 0. The van der Waals surface area contributed by atoms with E-state index in [9.17, 15) is 4.79 Å². The molecule has 0 atom stereocenters. The maximum Gasteiger partial charge on any atom is 0.313 e. The van der Waals surface area contributed by atoms with Crippen LogP contribution in [0.3, 0.4) is 0 Å². The highest BCUT2D eigenvalue weighted by molar-refractivity contribution is 5.71. The molecule has 0 radical (unpaired) electrons. The molecule has 2 amide bonds. The number of aliphatic hydroxyl groups is 2. The van der Waals surface area contributed by atoms with Gasteiger partial charge in [0.15, 0.2) is 0 Å². The van der Waals surface area contributed by atoms with Gasteiger partial charge in [-0.3, -0.25) is 0 Å². The first-order valence-electron chi connectivity index (χ1n) is 4.25. The number of amides is 2.